The van der Waals surface area contributed by atoms with Crippen LogP contribution in [0.25, 0.3) is 0 Å². The first-order valence-corrected chi connectivity index (χ1v) is 9.22. The molecule has 0 aromatic heterocycles. The van der Waals surface area contributed by atoms with Gasteiger partial charge >= 0.3 is 0 Å². The number of piperidine rings is 2. The third-order valence-corrected chi connectivity index (χ3v) is 5.20. The average Bonchev–Trinajstić information content (AvgIpc) is 2.60. The third kappa shape index (κ3) is 5.18. The Labute approximate surface area is 145 Å². The number of methoxy groups -OCH3 is 1. The van der Waals surface area contributed by atoms with Gasteiger partial charge in [-0.1, -0.05) is 13.3 Å². The fraction of sp³-hybridized carbons (Fsp3) is 0.889. The summed E-state index contributed by atoms with van der Waals surface area (Å²) in [4.78, 5) is 28.5. The zero-order valence-electron chi connectivity index (χ0n) is 15.2. The van der Waals surface area contributed by atoms with E-state index in [4.69, 9.17) is 9.47 Å². The first-order valence-electron chi connectivity index (χ1n) is 9.22. The molecular weight excluding hydrogens is 308 g/mol. The van der Waals surface area contributed by atoms with Gasteiger partial charge in [-0.2, -0.15) is 0 Å². The summed E-state index contributed by atoms with van der Waals surface area (Å²) in [7, 11) is 1.62. The first-order chi connectivity index (χ1) is 11.6. The molecule has 2 aliphatic heterocycles. The van der Waals surface area contributed by atoms with E-state index in [1.54, 1.807) is 7.11 Å². The Kier molecular flexibility index (Phi) is 7.49. The summed E-state index contributed by atoms with van der Waals surface area (Å²) in [5.74, 6) is 0.336. The van der Waals surface area contributed by atoms with Crippen molar-refractivity contribution in [2.45, 2.75) is 45.4 Å². The number of rotatable bonds is 8. The number of hydrogen-bond donors (Lipinski definition) is 0. The Morgan fingerprint density at radius 2 is 2.08 bits per heavy atom. The Bertz CT molecular complexity index is 429. The number of amides is 2. The summed E-state index contributed by atoms with van der Waals surface area (Å²) >= 11 is 0. The van der Waals surface area contributed by atoms with Gasteiger partial charge in [0.2, 0.25) is 11.8 Å². The van der Waals surface area contributed by atoms with Gasteiger partial charge in [-0.15, -0.1) is 0 Å². The minimum absolute atomic E-state index is 0.0576. The van der Waals surface area contributed by atoms with E-state index in [1.165, 1.54) is 0 Å². The van der Waals surface area contributed by atoms with Crippen molar-refractivity contribution >= 4 is 11.8 Å². The third-order valence-electron chi connectivity index (χ3n) is 5.20. The van der Waals surface area contributed by atoms with Gasteiger partial charge < -0.3 is 19.3 Å². The van der Waals surface area contributed by atoms with Crippen LogP contribution in [0.15, 0.2) is 0 Å². The van der Waals surface area contributed by atoms with Crippen molar-refractivity contribution in [2.75, 3.05) is 53.1 Å². The number of carbonyl (C=O) groups excluding carboxylic acids is 2. The van der Waals surface area contributed by atoms with Crippen LogP contribution in [0.3, 0.4) is 0 Å². The Balaban J connectivity index is 1.88. The van der Waals surface area contributed by atoms with Crippen LogP contribution in [-0.2, 0) is 19.1 Å². The molecule has 0 saturated carbocycles. The molecule has 6 heteroatoms. The lowest BCUT2D eigenvalue weighted by atomic mass is 9.73. The van der Waals surface area contributed by atoms with Crippen LogP contribution in [-0.4, -0.2) is 74.7 Å². The van der Waals surface area contributed by atoms with Gasteiger partial charge in [0, 0.05) is 45.1 Å². The number of ether oxygens (including phenoxy) is 2. The van der Waals surface area contributed by atoms with Crippen LogP contribution in [0.1, 0.15) is 45.4 Å². The number of unbranched alkanes of at least 4 members (excludes halogenated alkanes) is 1. The highest BCUT2D eigenvalue weighted by atomic mass is 16.5. The van der Waals surface area contributed by atoms with Crippen LogP contribution in [0, 0.1) is 5.41 Å². The maximum Gasteiger partial charge on any atom is 0.248 e. The molecule has 1 atom stereocenters. The van der Waals surface area contributed by atoms with Crippen molar-refractivity contribution in [2.24, 2.45) is 5.41 Å². The summed E-state index contributed by atoms with van der Waals surface area (Å²) in [5.41, 5.74) is 0.0854. The SMILES string of the molecule is CCCCN1C[C@]2(CCCN(C(=O)COCCOC)C2)CCC1=O. The molecule has 24 heavy (non-hydrogen) atoms. The second kappa shape index (κ2) is 9.37. The molecular formula is C18H32N2O4. The summed E-state index contributed by atoms with van der Waals surface area (Å²) in [6.45, 7) is 6.44. The second-order valence-corrected chi connectivity index (χ2v) is 7.13. The maximum absolute atomic E-state index is 12.4. The summed E-state index contributed by atoms with van der Waals surface area (Å²) in [6.07, 6.45) is 5.80. The van der Waals surface area contributed by atoms with E-state index in [0.29, 0.717) is 19.6 Å². The molecule has 0 N–H and O–H groups in total. The maximum atomic E-state index is 12.4. The topological polar surface area (TPSA) is 59.1 Å². The lowest BCUT2D eigenvalue weighted by Crippen LogP contribution is -2.55. The molecule has 138 valence electrons. The Morgan fingerprint density at radius 1 is 1.25 bits per heavy atom. The summed E-state index contributed by atoms with van der Waals surface area (Å²) in [5, 5.41) is 0. The van der Waals surface area contributed by atoms with E-state index in [2.05, 4.69) is 6.92 Å². The molecule has 0 bridgehead atoms. The molecule has 0 aromatic rings. The van der Waals surface area contributed by atoms with Crippen molar-refractivity contribution in [3.8, 4) is 0 Å². The zero-order valence-corrected chi connectivity index (χ0v) is 15.2. The first kappa shape index (κ1) is 19.2. The van der Waals surface area contributed by atoms with Gasteiger partial charge in [0.15, 0.2) is 0 Å². The molecule has 2 rings (SSSR count). The monoisotopic (exact) mass is 340 g/mol. The van der Waals surface area contributed by atoms with Crippen molar-refractivity contribution in [3.05, 3.63) is 0 Å². The molecule has 2 aliphatic rings. The second-order valence-electron chi connectivity index (χ2n) is 7.13. The highest BCUT2D eigenvalue weighted by molar-refractivity contribution is 5.78. The fourth-order valence-corrected chi connectivity index (χ4v) is 3.80. The predicted molar refractivity (Wildman–Crippen MR) is 91.7 cm³/mol. The molecule has 2 fully saturated rings. The molecule has 0 unspecified atom stereocenters. The van der Waals surface area contributed by atoms with Crippen LogP contribution in [0.5, 0.6) is 0 Å². The molecule has 2 saturated heterocycles. The van der Waals surface area contributed by atoms with Crippen molar-refractivity contribution in [3.63, 3.8) is 0 Å². The molecule has 2 amide bonds. The van der Waals surface area contributed by atoms with Gasteiger partial charge in [0.05, 0.1) is 13.2 Å². The van der Waals surface area contributed by atoms with Crippen LogP contribution in [0.4, 0.5) is 0 Å². The highest BCUT2D eigenvalue weighted by Crippen LogP contribution is 2.39. The van der Waals surface area contributed by atoms with Gasteiger partial charge in [-0.05, 0) is 25.7 Å². The van der Waals surface area contributed by atoms with E-state index >= 15 is 0 Å². The van der Waals surface area contributed by atoms with E-state index in [-0.39, 0.29) is 23.8 Å². The largest absolute Gasteiger partial charge is 0.382 e. The summed E-state index contributed by atoms with van der Waals surface area (Å²) in [6, 6.07) is 0. The number of carbonyl (C=O) groups is 2. The van der Waals surface area contributed by atoms with E-state index in [0.717, 1.165) is 58.3 Å². The molecule has 6 nitrogen and oxygen atoms in total. The lowest BCUT2D eigenvalue weighted by molar-refractivity contribution is -0.145. The fourth-order valence-electron chi connectivity index (χ4n) is 3.80. The highest BCUT2D eigenvalue weighted by Gasteiger charge is 2.42. The number of nitrogens with zero attached hydrogens (tertiary/aromatic N) is 2. The number of likely N-dealkylation sites (tertiary alicyclic amines) is 2. The summed E-state index contributed by atoms with van der Waals surface area (Å²) < 4.78 is 10.3. The van der Waals surface area contributed by atoms with Gasteiger partial charge in [0.25, 0.3) is 0 Å². The van der Waals surface area contributed by atoms with Crippen molar-refractivity contribution in [1.82, 2.24) is 9.80 Å². The van der Waals surface area contributed by atoms with Crippen LogP contribution >= 0.6 is 0 Å². The van der Waals surface area contributed by atoms with Crippen molar-refractivity contribution < 1.29 is 19.1 Å². The van der Waals surface area contributed by atoms with Crippen LogP contribution < -0.4 is 0 Å². The van der Waals surface area contributed by atoms with Gasteiger partial charge in [-0.3, -0.25) is 9.59 Å². The smallest absolute Gasteiger partial charge is 0.248 e. The van der Waals surface area contributed by atoms with E-state index in [9.17, 15) is 9.59 Å². The van der Waals surface area contributed by atoms with E-state index < -0.39 is 0 Å². The minimum Gasteiger partial charge on any atom is -0.382 e. The lowest BCUT2D eigenvalue weighted by Gasteiger charge is -2.48. The molecule has 0 aliphatic carbocycles. The Morgan fingerprint density at radius 3 is 2.83 bits per heavy atom. The molecule has 0 radical (unpaired) electrons. The number of hydrogen-bond acceptors (Lipinski definition) is 4. The predicted octanol–water partition coefficient (Wildman–Crippen LogP) is 1.68. The average molecular weight is 340 g/mol. The molecule has 1 spiro atoms. The Hall–Kier alpha value is -1.14. The van der Waals surface area contributed by atoms with Crippen LogP contribution in [0.2, 0.25) is 0 Å². The van der Waals surface area contributed by atoms with Gasteiger partial charge in [-0.25, -0.2) is 0 Å². The quantitative estimate of drug-likeness (QED) is 0.631. The van der Waals surface area contributed by atoms with Gasteiger partial charge in [0.1, 0.15) is 6.61 Å². The van der Waals surface area contributed by atoms with Crippen molar-refractivity contribution in [1.29, 1.82) is 0 Å². The molecule has 2 heterocycles. The standard InChI is InChI=1S/C18H32N2O4/c1-3-4-9-19-14-18(8-6-16(19)21)7-5-10-20(15-18)17(22)13-24-12-11-23-2/h3-15H2,1-2H3/t18-/m0/s1. The zero-order chi connectivity index (χ0) is 17.4. The normalized spacial score (nSPS) is 24.7. The molecule has 0 aromatic carbocycles. The van der Waals surface area contributed by atoms with E-state index in [1.807, 2.05) is 9.80 Å². The minimum atomic E-state index is 0.0576.